The zero-order valence-electron chi connectivity index (χ0n) is 12.9. The van der Waals surface area contributed by atoms with Crippen LogP contribution in [0.5, 0.6) is 0 Å². The number of hydrogen-bond donors (Lipinski definition) is 2. The van der Waals surface area contributed by atoms with E-state index in [1.54, 1.807) is 6.20 Å². The van der Waals surface area contributed by atoms with Crippen molar-refractivity contribution in [3.63, 3.8) is 0 Å². The number of nitrogens with zero attached hydrogens (tertiary/aromatic N) is 2. The Kier molecular flexibility index (Phi) is 5.42. The first-order valence-electron chi connectivity index (χ1n) is 6.87. The minimum Gasteiger partial charge on any atom is -0.271 e. The lowest BCUT2D eigenvalue weighted by atomic mass is 9.78. The van der Waals surface area contributed by atoms with Crippen molar-refractivity contribution >= 4 is 11.6 Å². The predicted octanol–water partition coefficient (Wildman–Crippen LogP) is 3.69. The van der Waals surface area contributed by atoms with Crippen LogP contribution in [-0.4, -0.2) is 9.78 Å². The van der Waals surface area contributed by atoms with Gasteiger partial charge in [0.1, 0.15) is 0 Å². The van der Waals surface area contributed by atoms with Crippen molar-refractivity contribution in [2.75, 3.05) is 0 Å². The van der Waals surface area contributed by atoms with Crippen molar-refractivity contribution in [2.24, 2.45) is 17.2 Å². The molecule has 110 valence electrons. The third-order valence-electron chi connectivity index (χ3n) is 3.88. The van der Waals surface area contributed by atoms with Gasteiger partial charge in [-0.15, -0.1) is 0 Å². The van der Waals surface area contributed by atoms with Gasteiger partial charge in [0.2, 0.25) is 0 Å². The van der Waals surface area contributed by atoms with E-state index in [-0.39, 0.29) is 17.5 Å². The lowest BCUT2D eigenvalue weighted by molar-refractivity contribution is 0.219. The largest absolute Gasteiger partial charge is 0.271 e. The van der Waals surface area contributed by atoms with Gasteiger partial charge in [0, 0.05) is 6.04 Å². The molecule has 2 atom stereocenters. The van der Waals surface area contributed by atoms with E-state index in [9.17, 15) is 0 Å². The van der Waals surface area contributed by atoms with Gasteiger partial charge in [-0.3, -0.25) is 16.0 Å². The first-order valence-corrected chi connectivity index (χ1v) is 7.25. The number of rotatable bonds is 5. The molecule has 1 rings (SSSR count). The Labute approximate surface area is 121 Å². The van der Waals surface area contributed by atoms with E-state index in [0.717, 1.165) is 12.1 Å². The third-order valence-corrected chi connectivity index (χ3v) is 4.17. The quantitative estimate of drug-likeness (QED) is 0.641. The molecule has 0 saturated heterocycles. The van der Waals surface area contributed by atoms with E-state index in [1.165, 1.54) is 0 Å². The lowest BCUT2D eigenvalue weighted by Gasteiger charge is -2.31. The summed E-state index contributed by atoms with van der Waals surface area (Å²) in [7, 11) is 0. The summed E-state index contributed by atoms with van der Waals surface area (Å²) >= 11 is 6.28. The molecule has 0 amide bonds. The van der Waals surface area contributed by atoms with E-state index >= 15 is 0 Å². The van der Waals surface area contributed by atoms with Crippen molar-refractivity contribution in [2.45, 2.75) is 60.0 Å². The number of nitrogens with one attached hydrogen (secondary N) is 1. The van der Waals surface area contributed by atoms with Gasteiger partial charge < -0.3 is 0 Å². The molecule has 0 bridgehead atoms. The second kappa shape index (κ2) is 6.25. The Balaban J connectivity index is 3.01. The van der Waals surface area contributed by atoms with E-state index in [2.05, 4.69) is 52.1 Å². The molecule has 1 heterocycles. The van der Waals surface area contributed by atoms with Crippen LogP contribution in [0.1, 0.15) is 65.7 Å². The van der Waals surface area contributed by atoms with Crippen LogP contribution in [0.25, 0.3) is 0 Å². The molecule has 0 aliphatic carbocycles. The number of hydrogen-bond acceptors (Lipinski definition) is 3. The van der Waals surface area contributed by atoms with Crippen LogP contribution >= 0.6 is 11.6 Å². The van der Waals surface area contributed by atoms with Crippen molar-refractivity contribution in [3.05, 3.63) is 16.9 Å². The summed E-state index contributed by atoms with van der Waals surface area (Å²) in [4.78, 5) is 0. The highest BCUT2D eigenvalue weighted by atomic mass is 35.5. The van der Waals surface area contributed by atoms with Crippen LogP contribution in [0.4, 0.5) is 0 Å². The third kappa shape index (κ3) is 3.94. The highest BCUT2D eigenvalue weighted by Crippen LogP contribution is 2.35. The predicted molar refractivity (Wildman–Crippen MR) is 80.9 cm³/mol. The van der Waals surface area contributed by atoms with Gasteiger partial charge in [0.05, 0.1) is 23.0 Å². The van der Waals surface area contributed by atoms with Crippen molar-refractivity contribution in [1.29, 1.82) is 0 Å². The molecule has 0 aliphatic rings. The number of nitrogens with two attached hydrogens (primary N) is 1. The molecule has 1 aromatic rings. The van der Waals surface area contributed by atoms with Crippen LogP contribution in [0.2, 0.25) is 5.02 Å². The van der Waals surface area contributed by atoms with Crippen molar-refractivity contribution in [3.8, 4) is 0 Å². The molecule has 0 saturated carbocycles. The standard InChI is InChI=1S/C14H27ClN4/c1-9(2)19-13(11(15)8-17-19)12(18-16)7-10(3)14(4,5)6/h8-10,12,18H,7,16H2,1-6H3. The summed E-state index contributed by atoms with van der Waals surface area (Å²) in [5, 5.41) is 5.02. The molecule has 2 unspecified atom stereocenters. The van der Waals surface area contributed by atoms with Crippen molar-refractivity contribution in [1.82, 2.24) is 15.2 Å². The molecule has 0 radical (unpaired) electrons. The SMILES string of the molecule is CC(C)n1ncc(Cl)c1C(CC(C)C(C)(C)C)NN. The van der Waals surface area contributed by atoms with E-state index < -0.39 is 0 Å². The Hall–Kier alpha value is -0.580. The lowest BCUT2D eigenvalue weighted by Crippen LogP contribution is -2.33. The summed E-state index contributed by atoms with van der Waals surface area (Å²) in [6.07, 6.45) is 2.63. The molecule has 0 aliphatic heterocycles. The van der Waals surface area contributed by atoms with Gasteiger partial charge >= 0.3 is 0 Å². The molecule has 1 aromatic heterocycles. The molecule has 0 spiro atoms. The Morgan fingerprint density at radius 3 is 2.37 bits per heavy atom. The van der Waals surface area contributed by atoms with Gasteiger partial charge in [0.25, 0.3) is 0 Å². The Morgan fingerprint density at radius 1 is 1.37 bits per heavy atom. The van der Waals surface area contributed by atoms with Crippen LogP contribution in [0.3, 0.4) is 0 Å². The molecule has 5 heteroatoms. The van der Waals surface area contributed by atoms with E-state index in [1.807, 2.05) is 4.68 Å². The summed E-state index contributed by atoms with van der Waals surface area (Å²) in [5.41, 5.74) is 4.12. The minimum absolute atomic E-state index is 0.0200. The zero-order chi connectivity index (χ0) is 14.8. The van der Waals surface area contributed by atoms with E-state index in [0.29, 0.717) is 10.9 Å². The topological polar surface area (TPSA) is 55.9 Å². The molecule has 0 aromatic carbocycles. The maximum absolute atomic E-state index is 6.28. The maximum Gasteiger partial charge on any atom is 0.0834 e. The highest BCUT2D eigenvalue weighted by molar-refractivity contribution is 6.31. The summed E-state index contributed by atoms with van der Waals surface area (Å²) in [6, 6.07) is 0.287. The summed E-state index contributed by atoms with van der Waals surface area (Å²) in [6.45, 7) is 13.2. The second-order valence-electron chi connectivity index (χ2n) is 6.64. The molecule has 0 fully saturated rings. The molecule has 3 N–H and O–H groups in total. The van der Waals surface area contributed by atoms with Crippen LogP contribution in [0, 0.1) is 11.3 Å². The Morgan fingerprint density at radius 2 is 1.95 bits per heavy atom. The molecular weight excluding hydrogens is 260 g/mol. The summed E-state index contributed by atoms with van der Waals surface area (Å²) in [5.74, 6) is 6.26. The van der Waals surface area contributed by atoms with Crippen LogP contribution in [-0.2, 0) is 0 Å². The monoisotopic (exact) mass is 286 g/mol. The number of hydrazine groups is 1. The fourth-order valence-electron chi connectivity index (χ4n) is 2.05. The van der Waals surface area contributed by atoms with E-state index in [4.69, 9.17) is 17.4 Å². The Bertz CT molecular complexity index is 406. The van der Waals surface area contributed by atoms with Crippen LogP contribution < -0.4 is 11.3 Å². The molecule has 19 heavy (non-hydrogen) atoms. The van der Waals surface area contributed by atoms with Gasteiger partial charge in [-0.05, 0) is 31.6 Å². The van der Waals surface area contributed by atoms with Crippen molar-refractivity contribution < 1.29 is 0 Å². The zero-order valence-corrected chi connectivity index (χ0v) is 13.6. The number of halogens is 1. The average molecular weight is 287 g/mol. The van der Waals surface area contributed by atoms with Gasteiger partial charge in [0.15, 0.2) is 0 Å². The average Bonchev–Trinajstić information content (AvgIpc) is 2.66. The van der Waals surface area contributed by atoms with Crippen LogP contribution in [0.15, 0.2) is 6.20 Å². The van der Waals surface area contributed by atoms with Gasteiger partial charge in [-0.2, -0.15) is 5.10 Å². The number of aromatic nitrogens is 2. The highest BCUT2D eigenvalue weighted by Gasteiger charge is 2.27. The fourth-order valence-corrected chi connectivity index (χ4v) is 2.32. The summed E-state index contributed by atoms with van der Waals surface area (Å²) < 4.78 is 1.95. The first-order chi connectivity index (χ1) is 8.68. The second-order valence-corrected chi connectivity index (χ2v) is 7.05. The molecule has 4 nitrogen and oxygen atoms in total. The first kappa shape index (κ1) is 16.5. The normalized spacial score (nSPS) is 15.8. The molecular formula is C14H27ClN4. The fraction of sp³-hybridized carbons (Fsp3) is 0.786. The minimum atomic E-state index is 0.0200. The van der Waals surface area contributed by atoms with Gasteiger partial charge in [-0.1, -0.05) is 39.3 Å². The maximum atomic E-state index is 6.28. The van der Waals surface area contributed by atoms with Gasteiger partial charge in [-0.25, -0.2) is 0 Å². The smallest absolute Gasteiger partial charge is 0.0834 e.